The molecule has 0 atom stereocenters. The number of amides is 1. The molecule has 1 fully saturated rings. The fraction of sp³-hybridized carbons (Fsp3) is 0.571. The predicted molar refractivity (Wildman–Crippen MR) is 75.2 cm³/mol. The highest BCUT2D eigenvalue weighted by Crippen LogP contribution is 2.04. The Morgan fingerprint density at radius 3 is 2.60 bits per heavy atom. The molecular formula is C14H22N2O4. The van der Waals surface area contributed by atoms with Crippen LogP contribution in [0.15, 0.2) is 24.4 Å². The molecule has 6 nitrogen and oxygen atoms in total. The zero-order valence-electron chi connectivity index (χ0n) is 11.9. The Morgan fingerprint density at radius 2 is 2.05 bits per heavy atom. The zero-order chi connectivity index (χ0) is 15.0. The van der Waals surface area contributed by atoms with Gasteiger partial charge >= 0.3 is 5.97 Å². The molecule has 0 aliphatic carbocycles. The molecule has 0 spiro atoms. The molecule has 0 bridgehead atoms. The first-order valence-electron chi connectivity index (χ1n) is 6.69. The van der Waals surface area contributed by atoms with E-state index in [-0.39, 0.29) is 11.5 Å². The third kappa shape index (κ3) is 5.54. The van der Waals surface area contributed by atoms with E-state index in [0.29, 0.717) is 6.54 Å². The van der Waals surface area contributed by atoms with Gasteiger partial charge in [0.15, 0.2) is 0 Å². The first-order valence-corrected chi connectivity index (χ1v) is 6.69. The van der Waals surface area contributed by atoms with E-state index in [9.17, 15) is 9.59 Å². The number of carbonyl (C=O) groups is 2. The minimum Gasteiger partial charge on any atom is -0.478 e. The average Bonchev–Trinajstić information content (AvgIpc) is 2.46. The number of carboxylic acid groups (broad SMARTS) is 1. The van der Waals surface area contributed by atoms with Gasteiger partial charge in [-0.15, -0.1) is 0 Å². The first kappa shape index (κ1) is 16.4. The Kier molecular flexibility index (Phi) is 6.97. The third-order valence-corrected chi connectivity index (χ3v) is 3.12. The Bertz CT molecular complexity index is 387. The van der Waals surface area contributed by atoms with Crippen LogP contribution in [-0.2, 0) is 14.3 Å². The maximum atomic E-state index is 11.7. The van der Waals surface area contributed by atoms with E-state index in [1.165, 1.54) is 24.1 Å². The van der Waals surface area contributed by atoms with Crippen molar-refractivity contribution in [3.63, 3.8) is 0 Å². The summed E-state index contributed by atoms with van der Waals surface area (Å²) in [6, 6.07) is 0. The highest BCUT2D eigenvalue weighted by atomic mass is 16.5. The van der Waals surface area contributed by atoms with Gasteiger partial charge in [-0.2, -0.15) is 0 Å². The van der Waals surface area contributed by atoms with Crippen LogP contribution in [0.4, 0.5) is 0 Å². The van der Waals surface area contributed by atoms with Gasteiger partial charge in [0.2, 0.25) is 5.91 Å². The van der Waals surface area contributed by atoms with Gasteiger partial charge in [-0.05, 0) is 19.4 Å². The van der Waals surface area contributed by atoms with Gasteiger partial charge in [0.25, 0.3) is 0 Å². The summed E-state index contributed by atoms with van der Waals surface area (Å²) in [7, 11) is 0. The summed E-state index contributed by atoms with van der Waals surface area (Å²) in [5.41, 5.74) is 0.131. The van der Waals surface area contributed by atoms with Crippen LogP contribution in [-0.4, -0.2) is 66.2 Å². The summed E-state index contributed by atoms with van der Waals surface area (Å²) in [6.45, 7) is 9.54. The number of rotatable bonds is 7. The summed E-state index contributed by atoms with van der Waals surface area (Å²) < 4.78 is 5.27. The lowest BCUT2D eigenvalue weighted by molar-refractivity contribution is -0.132. The Balaban J connectivity index is 2.48. The van der Waals surface area contributed by atoms with Crippen molar-refractivity contribution in [2.45, 2.75) is 13.3 Å². The van der Waals surface area contributed by atoms with E-state index < -0.39 is 5.97 Å². The fourth-order valence-corrected chi connectivity index (χ4v) is 1.93. The summed E-state index contributed by atoms with van der Waals surface area (Å²) >= 11 is 0. The summed E-state index contributed by atoms with van der Waals surface area (Å²) in [6.07, 6.45) is 3.34. The van der Waals surface area contributed by atoms with E-state index >= 15 is 0 Å². The molecular weight excluding hydrogens is 260 g/mol. The van der Waals surface area contributed by atoms with Crippen LogP contribution >= 0.6 is 0 Å². The second-order valence-electron chi connectivity index (χ2n) is 4.66. The Morgan fingerprint density at radius 1 is 1.40 bits per heavy atom. The number of morpholine rings is 1. The van der Waals surface area contributed by atoms with Crippen molar-refractivity contribution < 1.29 is 19.4 Å². The van der Waals surface area contributed by atoms with Crippen LogP contribution < -0.4 is 0 Å². The van der Waals surface area contributed by atoms with Crippen molar-refractivity contribution in [3.8, 4) is 0 Å². The molecule has 1 aliphatic rings. The smallest absolute Gasteiger partial charge is 0.332 e. The molecule has 0 aromatic carbocycles. The number of ether oxygens (including phenoxy) is 1. The van der Waals surface area contributed by atoms with Gasteiger partial charge in [0.1, 0.15) is 0 Å². The number of hydrogen-bond donors (Lipinski definition) is 1. The highest BCUT2D eigenvalue weighted by molar-refractivity contribution is 5.90. The Hall–Kier alpha value is -1.66. The lowest BCUT2D eigenvalue weighted by atomic mass is 10.3. The molecule has 6 heteroatoms. The van der Waals surface area contributed by atoms with Crippen LogP contribution in [0.1, 0.15) is 13.3 Å². The zero-order valence-corrected chi connectivity index (χ0v) is 11.9. The van der Waals surface area contributed by atoms with E-state index in [0.717, 1.165) is 39.3 Å². The number of hydrogen-bond acceptors (Lipinski definition) is 4. The van der Waals surface area contributed by atoms with Crippen LogP contribution in [0.5, 0.6) is 0 Å². The monoisotopic (exact) mass is 282 g/mol. The minimum atomic E-state index is -1.03. The van der Waals surface area contributed by atoms with Crippen molar-refractivity contribution >= 4 is 11.9 Å². The van der Waals surface area contributed by atoms with E-state index in [2.05, 4.69) is 11.5 Å². The number of carbonyl (C=O) groups excluding carboxylic acids is 1. The maximum absolute atomic E-state index is 11.7. The summed E-state index contributed by atoms with van der Waals surface area (Å²) in [5.74, 6) is -1.31. The van der Waals surface area contributed by atoms with Crippen LogP contribution in [0.25, 0.3) is 0 Å². The lowest BCUT2D eigenvalue weighted by Crippen LogP contribution is -2.38. The van der Waals surface area contributed by atoms with Crippen molar-refractivity contribution in [1.82, 2.24) is 9.80 Å². The first-order chi connectivity index (χ1) is 9.54. The van der Waals surface area contributed by atoms with Crippen molar-refractivity contribution in [2.24, 2.45) is 0 Å². The van der Waals surface area contributed by atoms with E-state index in [4.69, 9.17) is 9.84 Å². The number of carboxylic acids is 1. The van der Waals surface area contributed by atoms with Gasteiger partial charge in [-0.25, -0.2) is 4.79 Å². The molecule has 1 saturated heterocycles. The second-order valence-corrected chi connectivity index (χ2v) is 4.66. The predicted octanol–water partition coefficient (Wildman–Crippen LogP) is 0.712. The van der Waals surface area contributed by atoms with E-state index in [1.807, 2.05) is 0 Å². The third-order valence-electron chi connectivity index (χ3n) is 3.12. The quantitative estimate of drug-likeness (QED) is 0.696. The molecule has 0 aromatic heterocycles. The molecule has 112 valence electrons. The molecule has 0 aromatic rings. The highest BCUT2D eigenvalue weighted by Gasteiger charge is 2.13. The normalized spacial score (nSPS) is 16.8. The largest absolute Gasteiger partial charge is 0.478 e. The van der Waals surface area contributed by atoms with Crippen molar-refractivity contribution in [2.75, 3.05) is 39.4 Å². The molecule has 1 rings (SSSR count). The SMILES string of the molecule is C=CC(=O)N(C=C(C)C(=O)O)CCCN1CCOCC1. The van der Waals surface area contributed by atoms with Gasteiger partial charge in [0.05, 0.1) is 18.8 Å². The molecule has 1 amide bonds. The second kappa shape index (κ2) is 8.50. The summed E-state index contributed by atoms with van der Waals surface area (Å²) in [4.78, 5) is 26.2. The van der Waals surface area contributed by atoms with Crippen molar-refractivity contribution in [1.29, 1.82) is 0 Å². The molecule has 1 aliphatic heterocycles. The number of nitrogens with zero attached hydrogens (tertiary/aromatic N) is 2. The molecule has 0 radical (unpaired) electrons. The lowest BCUT2D eigenvalue weighted by Gasteiger charge is -2.27. The average molecular weight is 282 g/mol. The van der Waals surface area contributed by atoms with Gasteiger partial charge in [0, 0.05) is 32.4 Å². The minimum absolute atomic E-state index is 0.131. The molecule has 0 unspecified atom stereocenters. The maximum Gasteiger partial charge on any atom is 0.332 e. The van der Waals surface area contributed by atoms with Crippen LogP contribution in [0.3, 0.4) is 0 Å². The molecule has 1 N–H and O–H groups in total. The van der Waals surface area contributed by atoms with Gasteiger partial charge < -0.3 is 14.7 Å². The van der Waals surface area contributed by atoms with Crippen LogP contribution in [0.2, 0.25) is 0 Å². The standard InChI is InChI=1S/C14H22N2O4/c1-3-13(17)16(11-12(2)14(18)19)6-4-5-15-7-9-20-10-8-15/h3,11H,1,4-10H2,2H3,(H,18,19). The summed E-state index contributed by atoms with van der Waals surface area (Å²) in [5, 5.41) is 8.86. The van der Waals surface area contributed by atoms with E-state index in [1.54, 1.807) is 0 Å². The topological polar surface area (TPSA) is 70.1 Å². The molecule has 1 heterocycles. The van der Waals surface area contributed by atoms with Gasteiger partial charge in [-0.1, -0.05) is 6.58 Å². The van der Waals surface area contributed by atoms with Crippen LogP contribution in [0, 0.1) is 0 Å². The van der Waals surface area contributed by atoms with Crippen molar-refractivity contribution in [3.05, 3.63) is 24.4 Å². The number of aliphatic carboxylic acids is 1. The molecule has 20 heavy (non-hydrogen) atoms. The fourth-order valence-electron chi connectivity index (χ4n) is 1.93. The van der Waals surface area contributed by atoms with Gasteiger partial charge in [-0.3, -0.25) is 9.69 Å². The molecule has 0 saturated carbocycles. The Labute approximate surface area is 119 Å².